The number of carbonyl (C=O) groups is 4. The number of methoxy groups -OCH3 is 1. The Morgan fingerprint density at radius 2 is 1.59 bits per heavy atom. The molecule has 0 fully saturated rings. The number of carbonyl (C=O) groups excluding carboxylic acids is 4. The Hall–Kier alpha value is -6.67. The minimum atomic E-state index is -0.751. The number of ether oxygens (including phenoxy) is 2. The zero-order valence-electron chi connectivity index (χ0n) is 33.6. The predicted octanol–water partition coefficient (Wildman–Crippen LogP) is 9.08. The number of thiophene rings is 1. The maximum Gasteiger partial charge on any atom is 0.341 e. The van der Waals surface area contributed by atoms with Crippen molar-refractivity contribution >= 4 is 63.6 Å². The molecule has 6 aromatic rings. The number of nitrogens with zero attached hydrogens (tertiary/aromatic N) is 1. The highest BCUT2D eigenvalue weighted by Gasteiger charge is 2.32. The zero-order chi connectivity index (χ0) is 42.7. The Labute approximate surface area is 362 Å². The Balaban J connectivity index is 1.13. The lowest BCUT2D eigenvalue weighted by atomic mass is 10.0. The van der Waals surface area contributed by atoms with E-state index in [-0.39, 0.29) is 24.0 Å². The van der Waals surface area contributed by atoms with Crippen LogP contribution in [0.15, 0.2) is 144 Å². The third-order valence-corrected chi connectivity index (χ3v) is 12.2. The van der Waals surface area contributed by atoms with Crippen LogP contribution in [0.3, 0.4) is 0 Å². The highest BCUT2D eigenvalue weighted by Crippen LogP contribution is 2.41. The Bertz CT molecular complexity index is 2550. The summed E-state index contributed by atoms with van der Waals surface area (Å²) in [4.78, 5) is 59.2. The van der Waals surface area contributed by atoms with Crippen LogP contribution in [0.5, 0.6) is 11.5 Å². The smallest absolute Gasteiger partial charge is 0.341 e. The Kier molecular flexibility index (Phi) is 14.0. The van der Waals surface area contributed by atoms with E-state index in [9.17, 15) is 24.3 Å². The van der Waals surface area contributed by atoms with E-state index in [4.69, 9.17) is 9.47 Å². The minimum absolute atomic E-state index is 0.0232. The molecule has 5 aromatic carbocycles. The number of rotatable bonds is 15. The number of phenols is 1. The molecule has 1 aliphatic heterocycles. The maximum atomic E-state index is 14.5. The summed E-state index contributed by atoms with van der Waals surface area (Å²) in [5.74, 6) is -1.63. The first-order valence-electron chi connectivity index (χ1n) is 19.7. The lowest BCUT2D eigenvalue weighted by molar-refractivity contribution is -0.116. The van der Waals surface area contributed by atoms with Crippen LogP contribution in [0.2, 0.25) is 0 Å². The van der Waals surface area contributed by atoms with E-state index in [0.717, 1.165) is 29.1 Å². The van der Waals surface area contributed by atoms with Gasteiger partial charge in [-0.05, 0) is 78.6 Å². The van der Waals surface area contributed by atoms with E-state index in [1.54, 1.807) is 61.5 Å². The number of amides is 3. The summed E-state index contributed by atoms with van der Waals surface area (Å²) in [6.45, 7) is 4.14. The summed E-state index contributed by atoms with van der Waals surface area (Å²) in [6, 6.07) is 39.6. The molecule has 0 bridgehead atoms. The highest BCUT2D eigenvalue weighted by molar-refractivity contribution is 8.00. The molecule has 0 radical (unpaired) electrons. The maximum absolute atomic E-state index is 14.5. The summed E-state index contributed by atoms with van der Waals surface area (Å²) in [6.07, 6.45) is 2.12. The molecule has 310 valence electrons. The average molecular weight is 853 g/mol. The second-order valence-corrected chi connectivity index (χ2v) is 16.3. The van der Waals surface area contributed by atoms with Crippen molar-refractivity contribution in [2.75, 3.05) is 30.9 Å². The number of esters is 1. The first kappa shape index (κ1) is 42.5. The van der Waals surface area contributed by atoms with Crippen molar-refractivity contribution in [3.05, 3.63) is 177 Å². The standard InChI is InChI=1S/C48H44N4O7S2/c1-3-59-48(57)42-38-24-25-52(29-31-14-7-4-8-15-31)30-41(38)61-47(42)51-46(56)43(32-16-9-5-10-17-32)60-37-21-13-20-35(27-37)49-45(55)39(50-44(54)33-18-11-6-12-19-33)26-34-22-23-36(53)28-40(34)58-2/h4-23,26-28,43,53H,3,24-25,29-30H2,1-2H3,(H,49,55)(H,50,54)(H,51,56)/b39-26+. The van der Waals surface area contributed by atoms with Crippen molar-refractivity contribution < 1.29 is 33.8 Å². The molecule has 1 aromatic heterocycles. The quantitative estimate of drug-likeness (QED) is 0.0452. The average Bonchev–Trinajstić information content (AvgIpc) is 3.63. The molecule has 11 nitrogen and oxygen atoms in total. The van der Waals surface area contributed by atoms with E-state index in [2.05, 4.69) is 33.0 Å². The van der Waals surface area contributed by atoms with Crippen molar-refractivity contribution in [2.24, 2.45) is 0 Å². The molecule has 4 N–H and O–H groups in total. The molecule has 61 heavy (non-hydrogen) atoms. The van der Waals surface area contributed by atoms with Gasteiger partial charge < -0.3 is 30.5 Å². The second-order valence-electron chi connectivity index (χ2n) is 14.1. The van der Waals surface area contributed by atoms with Crippen LogP contribution in [0.25, 0.3) is 6.08 Å². The van der Waals surface area contributed by atoms with Gasteiger partial charge in [0, 0.05) is 52.3 Å². The van der Waals surface area contributed by atoms with Gasteiger partial charge in [0.2, 0.25) is 5.91 Å². The molecule has 7 rings (SSSR count). The van der Waals surface area contributed by atoms with Gasteiger partial charge in [0.15, 0.2) is 0 Å². The fourth-order valence-electron chi connectivity index (χ4n) is 6.92. The van der Waals surface area contributed by atoms with Crippen LogP contribution in [-0.2, 0) is 33.8 Å². The molecule has 2 heterocycles. The zero-order valence-corrected chi connectivity index (χ0v) is 35.2. The Morgan fingerprint density at radius 1 is 0.869 bits per heavy atom. The fourth-order valence-corrected chi connectivity index (χ4v) is 9.28. The molecule has 0 aliphatic carbocycles. The summed E-state index contributed by atoms with van der Waals surface area (Å²) in [7, 11) is 1.44. The molecule has 1 unspecified atom stereocenters. The number of thioether (sulfide) groups is 1. The topological polar surface area (TPSA) is 146 Å². The number of phenolic OH excluding ortho intramolecular Hbond substituents is 1. The van der Waals surface area contributed by atoms with Crippen LogP contribution in [-0.4, -0.2) is 54.0 Å². The summed E-state index contributed by atoms with van der Waals surface area (Å²) < 4.78 is 10.9. The normalized spacial score (nSPS) is 13.0. The van der Waals surface area contributed by atoms with Gasteiger partial charge in [-0.15, -0.1) is 23.1 Å². The number of benzene rings is 5. The number of hydrogen-bond acceptors (Lipinski definition) is 10. The molecular weight excluding hydrogens is 809 g/mol. The molecule has 0 saturated heterocycles. The van der Waals surface area contributed by atoms with Gasteiger partial charge in [0.25, 0.3) is 11.8 Å². The largest absolute Gasteiger partial charge is 0.508 e. The predicted molar refractivity (Wildman–Crippen MR) is 240 cm³/mol. The molecule has 0 saturated carbocycles. The summed E-state index contributed by atoms with van der Waals surface area (Å²) in [5, 5.41) is 18.4. The van der Waals surface area contributed by atoms with E-state index >= 15 is 0 Å². The molecule has 0 spiro atoms. The van der Waals surface area contributed by atoms with Gasteiger partial charge in [-0.3, -0.25) is 19.3 Å². The van der Waals surface area contributed by atoms with Gasteiger partial charge in [-0.2, -0.15) is 0 Å². The first-order valence-corrected chi connectivity index (χ1v) is 21.4. The van der Waals surface area contributed by atoms with Crippen molar-refractivity contribution in [2.45, 2.75) is 36.6 Å². The fraction of sp³-hybridized carbons (Fsp3) is 0.167. The van der Waals surface area contributed by atoms with E-state index in [0.29, 0.717) is 51.0 Å². The lowest BCUT2D eigenvalue weighted by Gasteiger charge is -2.27. The van der Waals surface area contributed by atoms with Crippen LogP contribution in [0.4, 0.5) is 10.7 Å². The summed E-state index contributed by atoms with van der Waals surface area (Å²) >= 11 is 2.70. The van der Waals surface area contributed by atoms with Gasteiger partial charge in [-0.1, -0.05) is 84.9 Å². The van der Waals surface area contributed by atoms with E-state index < -0.39 is 23.0 Å². The third kappa shape index (κ3) is 10.7. The van der Waals surface area contributed by atoms with E-state index in [1.807, 2.05) is 54.6 Å². The lowest BCUT2D eigenvalue weighted by Crippen LogP contribution is -2.30. The molecule has 1 atom stereocenters. The molecule has 1 aliphatic rings. The van der Waals surface area contributed by atoms with Crippen molar-refractivity contribution in [1.29, 1.82) is 0 Å². The number of fused-ring (bicyclic) bond motifs is 1. The number of aromatic hydroxyl groups is 1. The SMILES string of the molecule is CCOC(=O)c1c(NC(=O)C(Sc2cccc(NC(=O)/C(=C\c3ccc(O)cc3OC)NC(=O)c3ccccc3)c2)c2ccccc2)sc2c1CCN(Cc1ccccc1)C2. The van der Waals surface area contributed by atoms with Gasteiger partial charge >= 0.3 is 5.97 Å². The van der Waals surface area contributed by atoms with Gasteiger partial charge in [0.05, 0.1) is 19.3 Å². The monoisotopic (exact) mass is 852 g/mol. The number of anilines is 2. The first-order chi connectivity index (χ1) is 29.7. The second kappa shape index (κ2) is 20.1. The number of hydrogen-bond donors (Lipinski definition) is 4. The number of nitrogens with one attached hydrogen (secondary N) is 3. The Morgan fingerprint density at radius 3 is 2.31 bits per heavy atom. The van der Waals surface area contributed by atoms with Crippen molar-refractivity contribution in [3.63, 3.8) is 0 Å². The van der Waals surface area contributed by atoms with Gasteiger partial charge in [-0.25, -0.2) is 4.79 Å². The van der Waals surface area contributed by atoms with Gasteiger partial charge in [0.1, 0.15) is 27.4 Å². The van der Waals surface area contributed by atoms with Crippen LogP contribution in [0.1, 0.15) is 60.0 Å². The van der Waals surface area contributed by atoms with Crippen LogP contribution in [0, 0.1) is 0 Å². The highest BCUT2D eigenvalue weighted by atomic mass is 32.2. The van der Waals surface area contributed by atoms with Crippen LogP contribution < -0.4 is 20.7 Å². The molecular formula is C48H44N4O7S2. The van der Waals surface area contributed by atoms with E-state index in [1.165, 1.54) is 54.0 Å². The van der Waals surface area contributed by atoms with Crippen molar-refractivity contribution in [1.82, 2.24) is 10.2 Å². The minimum Gasteiger partial charge on any atom is -0.508 e. The van der Waals surface area contributed by atoms with Crippen LogP contribution >= 0.6 is 23.1 Å². The molecule has 3 amide bonds. The molecule has 13 heteroatoms. The third-order valence-electron chi connectivity index (χ3n) is 9.83. The van der Waals surface area contributed by atoms with Crippen molar-refractivity contribution in [3.8, 4) is 11.5 Å². The summed E-state index contributed by atoms with van der Waals surface area (Å²) in [5.41, 5.74) is 4.40.